The minimum atomic E-state index is -4.45. The Bertz CT molecular complexity index is 614. The highest BCUT2D eigenvalue weighted by molar-refractivity contribution is 5.92. The number of hydrogen-bond acceptors (Lipinski definition) is 4. The number of nitriles is 1. The maximum Gasteiger partial charge on any atom is 0.416 e. The topological polar surface area (TPSA) is 85.1 Å². The molecule has 0 heterocycles. The van der Waals surface area contributed by atoms with Gasteiger partial charge in [-0.2, -0.15) is 18.4 Å². The summed E-state index contributed by atoms with van der Waals surface area (Å²) in [5.74, 6) is -1.52. The summed E-state index contributed by atoms with van der Waals surface area (Å²) in [6.07, 6.45) is -4.45. The molecule has 0 aliphatic rings. The van der Waals surface area contributed by atoms with Gasteiger partial charge in [0.15, 0.2) is 5.57 Å². The van der Waals surface area contributed by atoms with Gasteiger partial charge >= 0.3 is 12.1 Å². The molecular weight excluding hydrogens is 299 g/mol. The van der Waals surface area contributed by atoms with Gasteiger partial charge in [0.05, 0.1) is 5.56 Å². The molecule has 5 nitrogen and oxygen atoms in total. The highest BCUT2D eigenvalue weighted by Crippen LogP contribution is 2.30. The molecule has 0 spiro atoms. The van der Waals surface area contributed by atoms with Crippen LogP contribution in [-0.4, -0.2) is 17.1 Å². The van der Waals surface area contributed by atoms with Crippen molar-refractivity contribution in [3.63, 3.8) is 0 Å². The Balaban J connectivity index is 3.11. The number of hydrogen-bond donors (Lipinski definition) is 3. The first kappa shape index (κ1) is 17.4. The Labute approximate surface area is 125 Å². The molecule has 1 rings (SSSR count). The van der Waals surface area contributed by atoms with E-state index >= 15 is 0 Å². The third-order valence-electron chi connectivity index (χ3n) is 2.49. The second-order valence-corrected chi connectivity index (χ2v) is 4.67. The maximum absolute atomic E-state index is 12.5. The van der Waals surface area contributed by atoms with Gasteiger partial charge in [-0.3, -0.25) is 0 Å². The molecule has 0 aliphatic heterocycles. The number of anilines is 1. The number of halogens is 3. The average molecular weight is 313 g/mol. The summed E-state index contributed by atoms with van der Waals surface area (Å²) in [6.45, 7) is 3.45. The predicted octanol–water partition coefficient (Wildman–Crippen LogP) is 2.94. The number of carbonyl (C=O) groups is 1. The first-order valence-corrected chi connectivity index (χ1v) is 6.23. The lowest BCUT2D eigenvalue weighted by Crippen LogP contribution is -2.29. The highest BCUT2D eigenvalue weighted by atomic mass is 19.4. The molecule has 0 radical (unpaired) electrons. The zero-order valence-electron chi connectivity index (χ0n) is 11.8. The molecule has 0 bridgehead atoms. The van der Waals surface area contributed by atoms with Crippen LogP contribution in [-0.2, 0) is 11.0 Å². The van der Waals surface area contributed by atoms with E-state index in [0.29, 0.717) is 0 Å². The zero-order valence-corrected chi connectivity index (χ0v) is 11.8. The fourth-order valence-corrected chi connectivity index (χ4v) is 1.56. The first-order chi connectivity index (χ1) is 10.1. The van der Waals surface area contributed by atoms with Crippen LogP contribution in [0.4, 0.5) is 18.9 Å². The summed E-state index contributed by atoms with van der Waals surface area (Å²) >= 11 is 0. The summed E-state index contributed by atoms with van der Waals surface area (Å²) in [6, 6.07) is 5.39. The maximum atomic E-state index is 12.5. The average Bonchev–Trinajstić information content (AvgIpc) is 2.37. The summed E-state index contributed by atoms with van der Waals surface area (Å²) in [7, 11) is 0. The number of benzene rings is 1. The van der Waals surface area contributed by atoms with E-state index in [-0.39, 0.29) is 17.6 Å². The number of carboxylic acid groups (broad SMARTS) is 1. The molecule has 3 N–H and O–H groups in total. The number of alkyl halides is 3. The van der Waals surface area contributed by atoms with E-state index in [1.807, 2.05) is 0 Å². The Morgan fingerprint density at radius 2 is 1.82 bits per heavy atom. The van der Waals surface area contributed by atoms with Crippen LogP contribution >= 0.6 is 0 Å². The fraction of sp³-hybridized carbons (Fsp3) is 0.286. The summed E-state index contributed by atoms with van der Waals surface area (Å²) in [5, 5.41) is 23.2. The Morgan fingerprint density at radius 1 is 1.27 bits per heavy atom. The monoisotopic (exact) mass is 313 g/mol. The standard InChI is InChI=1S/C14H14F3N3O2/c1-8(2)19-12(11(7-18)13(21)22)20-10-5-3-9(4-6-10)14(15,16)17/h3-6,8,19-20H,1-2H3,(H,21,22). The normalized spacial score (nSPS) is 12.4. The minimum Gasteiger partial charge on any atom is -0.477 e. The van der Waals surface area contributed by atoms with E-state index < -0.39 is 23.3 Å². The summed E-state index contributed by atoms with van der Waals surface area (Å²) in [5.41, 5.74) is -1.15. The van der Waals surface area contributed by atoms with Gasteiger partial charge in [-0.05, 0) is 38.1 Å². The highest BCUT2D eigenvalue weighted by Gasteiger charge is 2.30. The van der Waals surface area contributed by atoms with Gasteiger partial charge in [0.2, 0.25) is 0 Å². The van der Waals surface area contributed by atoms with Crippen molar-refractivity contribution in [1.29, 1.82) is 5.26 Å². The summed E-state index contributed by atoms with van der Waals surface area (Å²) in [4.78, 5) is 11.0. The van der Waals surface area contributed by atoms with E-state index in [2.05, 4.69) is 10.6 Å². The van der Waals surface area contributed by atoms with Crippen LogP contribution in [0.25, 0.3) is 0 Å². The minimum absolute atomic E-state index is 0.0789. The lowest BCUT2D eigenvalue weighted by atomic mass is 10.2. The van der Waals surface area contributed by atoms with Crippen molar-refractivity contribution in [3.05, 3.63) is 41.2 Å². The third kappa shape index (κ3) is 4.70. The van der Waals surface area contributed by atoms with Crippen molar-refractivity contribution in [2.24, 2.45) is 0 Å². The Morgan fingerprint density at radius 3 is 2.18 bits per heavy atom. The van der Waals surface area contributed by atoms with Crippen LogP contribution in [0, 0.1) is 11.3 Å². The number of rotatable bonds is 5. The SMILES string of the molecule is CC(C)NC(Nc1ccc(C(F)(F)F)cc1)=C(C#N)C(=O)O. The molecule has 22 heavy (non-hydrogen) atoms. The summed E-state index contributed by atoms with van der Waals surface area (Å²) < 4.78 is 37.4. The van der Waals surface area contributed by atoms with E-state index in [1.165, 1.54) is 6.07 Å². The smallest absolute Gasteiger partial charge is 0.416 e. The molecule has 0 unspecified atom stereocenters. The Hall–Kier alpha value is -2.69. The molecule has 8 heteroatoms. The molecular formula is C14H14F3N3O2. The van der Waals surface area contributed by atoms with Crippen molar-refractivity contribution in [2.45, 2.75) is 26.1 Å². The largest absolute Gasteiger partial charge is 0.477 e. The van der Waals surface area contributed by atoms with Crippen LogP contribution in [0.3, 0.4) is 0 Å². The van der Waals surface area contributed by atoms with Gasteiger partial charge in [0, 0.05) is 11.7 Å². The molecule has 118 valence electrons. The van der Waals surface area contributed by atoms with Crippen LogP contribution in [0.15, 0.2) is 35.7 Å². The van der Waals surface area contributed by atoms with E-state index in [0.717, 1.165) is 24.3 Å². The van der Waals surface area contributed by atoms with Gasteiger partial charge in [-0.1, -0.05) is 0 Å². The molecule has 0 aromatic heterocycles. The molecule has 0 fully saturated rings. The molecule has 1 aromatic carbocycles. The number of nitrogens with zero attached hydrogens (tertiary/aromatic N) is 1. The predicted molar refractivity (Wildman–Crippen MR) is 73.6 cm³/mol. The lowest BCUT2D eigenvalue weighted by Gasteiger charge is -2.17. The van der Waals surface area contributed by atoms with E-state index in [9.17, 15) is 18.0 Å². The quantitative estimate of drug-likeness (QED) is 0.575. The molecule has 0 aliphatic carbocycles. The lowest BCUT2D eigenvalue weighted by molar-refractivity contribution is -0.137. The van der Waals surface area contributed by atoms with Crippen LogP contribution in [0.2, 0.25) is 0 Å². The van der Waals surface area contributed by atoms with E-state index in [4.69, 9.17) is 10.4 Å². The van der Waals surface area contributed by atoms with E-state index in [1.54, 1.807) is 13.8 Å². The second-order valence-electron chi connectivity index (χ2n) is 4.67. The number of aliphatic carboxylic acids is 1. The molecule has 0 saturated heterocycles. The molecule has 1 aromatic rings. The number of nitrogens with one attached hydrogen (secondary N) is 2. The second kappa shape index (κ2) is 6.85. The van der Waals surface area contributed by atoms with Gasteiger partial charge in [0.1, 0.15) is 11.9 Å². The van der Waals surface area contributed by atoms with Gasteiger partial charge in [-0.15, -0.1) is 0 Å². The van der Waals surface area contributed by atoms with Crippen LogP contribution in [0.5, 0.6) is 0 Å². The van der Waals surface area contributed by atoms with Crippen LogP contribution < -0.4 is 10.6 Å². The van der Waals surface area contributed by atoms with Gasteiger partial charge in [-0.25, -0.2) is 4.79 Å². The van der Waals surface area contributed by atoms with Crippen molar-refractivity contribution < 1.29 is 23.1 Å². The molecule has 0 atom stereocenters. The zero-order chi connectivity index (χ0) is 16.9. The first-order valence-electron chi connectivity index (χ1n) is 6.23. The van der Waals surface area contributed by atoms with Gasteiger partial charge in [0.25, 0.3) is 0 Å². The number of carboxylic acids is 1. The van der Waals surface area contributed by atoms with Crippen molar-refractivity contribution >= 4 is 11.7 Å². The van der Waals surface area contributed by atoms with Crippen LogP contribution in [0.1, 0.15) is 19.4 Å². The van der Waals surface area contributed by atoms with Crippen molar-refractivity contribution in [3.8, 4) is 6.07 Å². The third-order valence-corrected chi connectivity index (χ3v) is 2.49. The molecule has 0 amide bonds. The van der Waals surface area contributed by atoms with Gasteiger partial charge < -0.3 is 15.7 Å². The fourth-order valence-electron chi connectivity index (χ4n) is 1.56. The van der Waals surface area contributed by atoms with Crippen molar-refractivity contribution in [1.82, 2.24) is 5.32 Å². The van der Waals surface area contributed by atoms with Crippen molar-refractivity contribution in [2.75, 3.05) is 5.32 Å². The Kier molecular flexibility index (Phi) is 5.40. The molecule has 0 saturated carbocycles.